The molecule has 0 aliphatic heterocycles. The molecule has 2 heteroatoms. The summed E-state index contributed by atoms with van der Waals surface area (Å²) in [6.07, 6.45) is 2.99. The van der Waals surface area contributed by atoms with E-state index < -0.39 is 5.97 Å². The zero-order chi connectivity index (χ0) is 13.9. The Balaban J connectivity index is 2.86. The van der Waals surface area contributed by atoms with Crippen molar-refractivity contribution >= 4 is 5.97 Å². The Bertz CT molecular complexity index is 430. The predicted octanol–water partition coefficient (Wildman–Crippen LogP) is 4.03. The zero-order valence-corrected chi connectivity index (χ0v) is 12.2. The van der Waals surface area contributed by atoms with Gasteiger partial charge in [0.05, 0.1) is 0 Å². The summed E-state index contributed by atoms with van der Waals surface area (Å²) < 4.78 is 0. The molecule has 0 aliphatic rings. The Kier molecular flexibility index (Phi) is 4.94. The number of aliphatic carboxylic acids is 1. The van der Waals surface area contributed by atoms with E-state index in [9.17, 15) is 4.79 Å². The molecule has 0 aliphatic carbocycles. The molecular weight excluding hydrogens is 224 g/mol. The van der Waals surface area contributed by atoms with E-state index in [0.717, 1.165) is 19.3 Å². The van der Waals surface area contributed by atoms with E-state index >= 15 is 0 Å². The molecular formula is C16H24O2. The quantitative estimate of drug-likeness (QED) is 0.799. The molecule has 100 valence electrons. The van der Waals surface area contributed by atoms with Gasteiger partial charge in [0.15, 0.2) is 0 Å². The molecule has 2 nitrogen and oxygen atoms in total. The molecule has 18 heavy (non-hydrogen) atoms. The monoisotopic (exact) mass is 248 g/mol. The maximum Gasteiger partial charge on any atom is 0.303 e. The van der Waals surface area contributed by atoms with Crippen LogP contribution in [0.5, 0.6) is 0 Å². The highest BCUT2D eigenvalue weighted by Crippen LogP contribution is 2.27. The highest BCUT2D eigenvalue weighted by atomic mass is 16.4. The summed E-state index contributed by atoms with van der Waals surface area (Å²) in [7, 11) is 0. The smallest absolute Gasteiger partial charge is 0.303 e. The first-order chi connectivity index (χ1) is 8.36. The van der Waals surface area contributed by atoms with Crippen molar-refractivity contribution in [3.63, 3.8) is 0 Å². The highest BCUT2D eigenvalue weighted by molar-refractivity contribution is 5.66. The van der Waals surface area contributed by atoms with Gasteiger partial charge in [-0.1, -0.05) is 0 Å². The molecule has 1 rings (SSSR count). The van der Waals surface area contributed by atoms with Gasteiger partial charge in [0.1, 0.15) is 0 Å². The molecule has 1 N–H and O–H groups in total. The van der Waals surface area contributed by atoms with Gasteiger partial charge in [-0.05, 0) is 87.3 Å². The van der Waals surface area contributed by atoms with Crippen LogP contribution in [0.25, 0.3) is 0 Å². The second-order valence-electron chi connectivity index (χ2n) is 5.20. The van der Waals surface area contributed by atoms with Crippen molar-refractivity contribution < 1.29 is 9.90 Å². The number of unbranched alkanes of at least 4 members (excludes halogenated alkanes) is 1. The van der Waals surface area contributed by atoms with Crippen molar-refractivity contribution in [3.05, 3.63) is 33.4 Å². The van der Waals surface area contributed by atoms with Crippen LogP contribution in [0.3, 0.4) is 0 Å². The lowest BCUT2D eigenvalue weighted by Crippen LogP contribution is -2.03. The third-order valence-electron chi connectivity index (χ3n) is 4.22. The van der Waals surface area contributed by atoms with Crippen LogP contribution >= 0.6 is 0 Å². The summed E-state index contributed by atoms with van der Waals surface area (Å²) in [5.41, 5.74) is 8.33. The molecule has 0 saturated heterocycles. The van der Waals surface area contributed by atoms with Crippen LogP contribution in [0.15, 0.2) is 0 Å². The summed E-state index contributed by atoms with van der Waals surface area (Å²) in [6.45, 7) is 10.9. The lowest BCUT2D eigenvalue weighted by Gasteiger charge is -2.18. The van der Waals surface area contributed by atoms with E-state index in [4.69, 9.17) is 5.11 Å². The van der Waals surface area contributed by atoms with Crippen LogP contribution in [0.4, 0.5) is 0 Å². The first kappa shape index (κ1) is 14.7. The third kappa shape index (κ3) is 3.12. The fourth-order valence-electron chi connectivity index (χ4n) is 2.53. The number of carbonyl (C=O) groups is 1. The van der Waals surface area contributed by atoms with E-state index in [2.05, 4.69) is 34.6 Å². The number of hydrogen-bond donors (Lipinski definition) is 1. The Morgan fingerprint density at radius 2 is 1.28 bits per heavy atom. The first-order valence-corrected chi connectivity index (χ1v) is 6.63. The topological polar surface area (TPSA) is 37.3 Å². The van der Waals surface area contributed by atoms with Crippen molar-refractivity contribution in [2.45, 2.75) is 60.3 Å². The molecule has 0 heterocycles. The summed E-state index contributed by atoms with van der Waals surface area (Å²) in [5, 5.41) is 8.64. The van der Waals surface area contributed by atoms with E-state index in [1.807, 2.05) is 0 Å². The Hall–Kier alpha value is -1.31. The minimum Gasteiger partial charge on any atom is -0.481 e. The summed E-state index contributed by atoms with van der Waals surface area (Å²) in [6, 6.07) is 0. The van der Waals surface area contributed by atoms with Gasteiger partial charge in [0, 0.05) is 6.42 Å². The fraction of sp³-hybridized carbons (Fsp3) is 0.562. The Morgan fingerprint density at radius 3 is 1.72 bits per heavy atom. The third-order valence-corrected chi connectivity index (χ3v) is 4.22. The number of carboxylic acids is 1. The highest BCUT2D eigenvalue weighted by Gasteiger charge is 2.11. The average Bonchev–Trinajstić information content (AvgIpc) is 2.32. The van der Waals surface area contributed by atoms with Crippen LogP contribution in [-0.2, 0) is 11.2 Å². The molecule has 0 aromatic heterocycles. The maximum atomic E-state index is 10.5. The molecule has 0 spiro atoms. The molecule has 0 atom stereocenters. The molecule has 0 amide bonds. The van der Waals surface area contributed by atoms with Gasteiger partial charge < -0.3 is 5.11 Å². The molecule has 0 unspecified atom stereocenters. The van der Waals surface area contributed by atoms with Crippen LogP contribution < -0.4 is 0 Å². The average molecular weight is 248 g/mol. The molecule has 0 bridgehead atoms. The van der Waals surface area contributed by atoms with Crippen LogP contribution in [-0.4, -0.2) is 11.1 Å². The van der Waals surface area contributed by atoms with Crippen molar-refractivity contribution in [2.24, 2.45) is 0 Å². The van der Waals surface area contributed by atoms with Gasteiger partial charge in [-0.3, -0.25) is 4.79 Å². The maximum absolute atomic E-state index is 10.5. The van der Waals surface area contributed by atoms with Crippen LogP contribution in [0, 0.1) is 34.6 Å². The second kappa shape index (κ2) is 6.03. The van der Waals surface area contributed by atoms with Crippen LogP contribution in [0.1, 0.15) is 52.6 Å². The molecule has 0 saturated carbocycles. The van der Waals surface area contributed by atoms with E-state index in [1.165, 1.54) is 33.4 Å². The molecule has 0 radical (unpaired) electrons. The van der Waals surface area contributed by atoms with Crippen molar-refractivity contribution in [3.8, 4) is 0 Å². The Labute approximate surface area is 110 Å². The lowest BCUT2D eigenvalue weighted by molar-refractivity contribution is -0.137. The number of benzene rings is 1. The standard InChI is InChI=1S/C16H24O2/c1-10-11(2)13(4)15(14(5)12(10)3)8-6-7-9-16(17)18/h6-9H2,1-5H3,(H,17,18). The minimum atomic E-state index is -0.695. The fourth-order valence-corrected chi connectivity index (χ4v) is 2.53. The van der Waals surface area contributed by atoms with Gasteiger partial charge in [0.2, 0.25) is 0 Å². The van der Waals surface area contributed by atoms with E-state index in [-0.39, 0.29) is 6.42 Å². The van der Waals surface area contributed by atoms with Gasteiger partial charge in [-0.2, -0.15) is 0 Å². The molecule has 0 fully saturated rings. The van der Waals surface area contributed by atoms with Gasteiger partial charge >= 0.3 is 5.97 Å². The minimum absolute atomic E-state index is 0.280. The van der Waals surface area contributed by atoms with E-state index in [0.29, 0.717) is 0 Å². The van der Waals surface area contributed by atoms with E-state index in [1.54, 1.807) is 0 Å². The first-order valence-electron chi connectivity index (χ1n) is 6.63. The largest absolute Gasteiger partial charge is 0.481 e. The predicted molar refractivity (Wildman–Crippen MR) is 75.3 cm³/mol. The summed E-state index contributed by atoms with van der Waals surface area (Å²) in [5.74, 6) is -0.695. The van der Waals surface area contributed by atoms with Crippen molar-refractivity contribution in [2.75, 3.05) is 0 Å². The van der Waals surface area contributed by atoms with Crippen molar-refractivity contribution in [1.82, 2.24) is 0 Å². The number of hydrogen-bond acceptors (Lipinski definition) is 1. The summed E-state index contributed by atoms with van der Waals surface area (Å²) >= 11 is 0. The Morgan fingerprint density at radius 1 is 0.833 bits per heavy atom. The SMILES string of the molecule is Cc1c(C)c(C)c(CCCCC(=O)O)c(C)c1C. The second-order valence-corrected chi connectivity index (χ2v) is 5.20. The zero-order valence-electron chi connectivity index (χ0n) is 12.2. The van der Waals surface area contributed by atoms with Crippen LogP contribution in [0.2, 0.25) is 0 Å². The normalized spacial score (nSPS) is 10.7. The summed E-state index contributed by atoms with van der Waals surface area (Å²) in [4.78, 5) is 10.5. The molecule has 1 aromatic carbocycles. The van der Waals surface area contributed by atoms with Gasteiger partial charge in [-0.15, -0.1) is 0 Å². The molecule has 1 aromatic rings. The van der Waals surface area contributed by atoms with Crippen molar-refractivity contribution in [1.29, 1.82) is 0 Å². The van der Waals surface area contributed by atoms with Gasteiger partial charge in [0.25, 0.3) is 0 Å². The van der Waals surface area contributed by atoms with Gasteiger partial charge in [-0.25, -0.2) is 0 Å². The number of carboxylic acid groups (broad SMARTS) is 1. The number of rotatable bonds is 5. The lowest BCUT2D eigenvalue weighted by atomic mass is 9.87.